The van der Waals surface area contributed by atoms with Crippen LogP contribution in [0.25, 0.3) is 0 Å². The van der Waals surface area contributed by atoms with E-state index in [0.717, 1.165) is 25.7 Å². The Morgan fingerprint density at radius 3 is 2.39 bits per heavy atom. The fourth-order valence-corrected chi connectivity index (χ4v) is 4.76. The van der Waals surface area contributed by atoms with Gasteiger partial charge in [-0.25, -0.2) is 13.1 Å². The average Bonchev–Trinajstić information content (AvgIpc) is 2.87. The van der Waals surface area contributed by atoms with Gasteiger partial charge in [0, 0.05) is 25.6 Å². The molecule has 0 amide bonds. The quantitative estimate of drug-likeness (QED) is 0.788. The highest BCUT2D eigenvalue weighted by molar-refractivity contribution is 7.90. The Morgan fingerprint density at radius 2 is 1.83 bits per heavy atom. The Hall–Kier alpha value is 0.160. The van der Waals surface area contributed by atoms with Crippen LogP contribution in [0.5, 0.6) is 0 Å². The molecule has 1 heterocycles. The van der Waals surface area contributed by atoms with E-state index in [1.165, 1.54) is 0 Å². The third-order valence-corrected chi connectivity index (χ3v) is 6.67. The molecule has 0 spiro atoms. The van der Waals surface area contributed by atoms with E-state index in [0.29, 0.717) is 38.5 Å². The van der Waals surface area contributed by atoms with E-state index < -0.39 is 10.0 Å². The lowest BCUT2D eigenvalue weighted by Crippen LogP contribution is -2.43. The number of halogens is 1. The van der Waals surface area contributed by atoms with Gasteiger partial charge in [0.2, 0.25) is 10.0 Å². The summed E-state index contributed by atoms with van der Waals surface area (Å²) in [5, 5.41) is -0.292. The Morgan fingerprint density at radius 1 is 1.22 bits per heavy atom. The van der Waals surface area contributed by atoms with Crippen LogP contribution >= 0.6 is 11.6 Å². The molecular formula is C12H22ClNO3S. The molecule has 0 aromatic rings. The van der Waals surface area contributed by atoms with Gasteiger partial charge in [-0.2, -0.15) is 0 Å². The number of nitrogens with one attached hydrogen (secondary N) is 1. The summed E-state index contributed by atoms with van der Waals surface area (Å²) in [7, 11) is -3.21. The summed E-state index contributed by atoms with van der Waals surface area (Å²) in [5.41, 5.74) is -0.0141. The van der Waals surface area contributed by atoms with E-state index in [1.807, 2.05) is 0 Å². The summed E-state index contributed by atoms with van der Waals surface area (Å²) >= 11 is 6.02. The lowest BCUT2D eigenvalue weighted by Gasteiger charge is -2.29. The monoisotopic (exact) mass is 295 g/mol. The Labute approximate surface area is 114 Å². The summed E-state index contributed by atoms with van der Waals surface area (Å²) in [6.45, 7) is 1.59. The number of ether oxygens (including phenoxy) is 1. The van der Waals surface area contributed by atoms with E-state index in [1.54, 1.807) is 0 Å². The zero-order valence-corrected chi connectivity index (χ0v) is 12.2. The van der Waals surface area contributed by atoms with Crippen LogP contribution in [-0.4, -0.2) is 39.3 Å². The summed E-state index contributed by atoms with van der Waals surface area (Å²) in [6.07, 6.45) is 5.59. The molecule has 1 saturated heterocycles. The maximum atomic E-state index is 12.2. The summed E-state index contributed by atoms with van der Waals surface area (Å²) in [5.74, 6) is 0.545. The largest absolute Gasteiger partial charge is 0.381 e. The van der Waals surface area contributed by atoms with Gasteiger partial charge >= 0.3 is 0 Å². The predicted molar refractivity (Wildman–Crippen MR) is 72.4 cm³/mol. The van der Waals surface area contributed by atoms with Gasteiger partial charge in [0.05, 0.1) is 5.25 Å². The lowest BCUT2D eigenvalue weighted by atomic mass is 9.89. The average molecular weight is 296 g/mol. The van der Waals surface area contributed by atoms with Gasteiger partial charge in [-0.15, -0.1) is 11.6 Å². The zero-order chi connectivity index (χ0) is 13.1. The third kappa shape index (κ3) is 3.38. The van der Waals surface area contributed by atoms with Crippen molar-refractivity contribution in [2.75, 3.05) is 25.6 Å². The van der Waals surface area contributed by atoms with Crippen LogP contribution < -0.4 is 4.72 Å². The molecule has 0 aromatic carbocycles. The molecule has 0 unspecified atom stereocenters. The Bertz CT molecular complexity index is 360. The van der Waals surface area contributed by atoms with Crippen LogP contribution in [0.4, 0.5) is 0 Å². The first-order valence-corrected chi connectivity index (χ1v) is 8.78. The molecule has 106 valence electrons. The van der Waals surface area contributed by atoms with Gasteiger partial charge in [-0.3, -0.25) is 0 Å². The molecule has 1 aliphatic carbocycles. The maximum Gasteiger partial charge on any atom is 0.214 e. The Kier molecular flexibility index (Phi) is 4.92. The van der Waals surface area contributed by atoms with Crippen LogP contribution in [0.2, 0.25) is 0 Å². The minimum Gasteiger partial charge on any atom is -0.381 e. The fourth-order valence-electron chi connectivity index (χ4n) is 2.84. The third-order valence-electron chi connectivity index (χ3n) is 4.20. The smallest absolute Gasteiger partial charge is 0.214 e. The van der Waals surface area contributed by atoms with E-state index in [-0.39, 0.29) is 10.7 Å². The first kappa shape index (κ1) is 14.6. The maximum absolute atomic E-state index is 12.2. The Balaban J connectivity index is 1.91. The van der Waals surface area contributed by atoms with Crippen molar-refractivity contribution in [3.8, 4) is 0 Å². The van der Waals surface area contributed by atoms with Crippen molar-refractivity contribution in [2.45, 2.75) is 43.8 Å². The normalized spacial score (nSPS) is 25.4. The molecule has 1 N–H and O–H groups in total. The highest BCUT2D eigenvalue weighted by atomic mass is 35.5. The summed E-state index contributed by atoms with van der Waals surface area (Å²) in [4.78, 5) is 0. The van der Waals surface area contributed by atoms with Gasteiger partial charge < -0.3 is 4.74 Å². The molecule has 4 nitrogen and oxygen atoms in total. The highest BCUT2D eigenvalue weighted by Crippen LogP contribution is 2.38. The SMILES string of the molecule is O=S(=O)(NCC1(CCl)CCCC1)C1CCOCC1. The molecule has 1 aliphatic heterocycles. The second-order valence-corrected chi connectivity index (χ2v) is 7.83. The second kappa shape index (κ2) is 6.07. The first-order valence-electron chi connectivity index (χ1n) is 6.70. The lowest BCUT2D eigenvalue weighted by molar-refractivity contribution is 0.0980. The number of alkyl halides is 1. The van der Waals surface area contributed by atoms with Crippen molar-refractivity contribution >= 4 is 21.6 Å². The predicted octanol–water partition coefficient (Wildman–Crippen LogP) is 1.88. The highest BCUT2D eigenvalue weighted by Gasteiger charge is 2.36. The van der Waals surface area contributed by atoms with Gasteiger partial charge in [0.15, 0.2) is 0 Å². The van der Waals surface area contributed by atoms with Crippen molar-refractivity contribution in [1.82, 2.24) is 4.72 Å². The molecule has 2 aliphatic rings. The van der Waals surface area contributed by atoms with Gasteiger partial charge in [-0.1, -0.05) is 12.8 Å². The molecule has 2 rings (SSSR count). The van der Waals surface area contributed by atoms with Crippen LogP contribution in [0, 0.1) is 5.41 Å². The number of hydrogen-bond donors (Lipinski definition) is 1. The number of sulfonamides is 1. The molecule has 6 heteroatoms. The molecule has 0 atom stereocenters. The van der Waals surface area contributed by atoms with Gasteiger partial charge in [0.1, 0.15) is 0 Å². The van der Waals surface area contributed by atoms with E-state index in [2.05, 4.69) is 4.72 Å². The molecule has 18 heavy (non-hydrogen) atoms. The first-order chi connectivity index (χ1) is 8.58. The second-order valence-electron chi connectivity index (χ2n) is 5.52. The van der Waals surface area contributed by atoms with Gasteiger partial charge in [0.25, 0.3) is 0 Å². The summed E-state index contributed by atoms with van der Waals surface area (Å²) < 4.78 is 32.4. The minimum absolute atomic E-state index is 0.0141. The number of hydrogen-bond acceptors (Lipinski definition) is 3. The van der Waals surface area contributed by atoms with Crippen LogP contribution in [0.15, 0.2) is 0 Å². The van der Waals surface area contributed by atoms with Crippen molar-refractivity contribution < 1.29 is 13.2 Å². The van der Waals surface area contributed by atoms with Crippen molar-refractivity contribution in [3.05, 3.63) is 0 Å². The van der Waals surface area contributed by atoms with Crippen LogP contribution in [0.3, 0.4) is 0 Å². The van der Waals surface area contributed by atoms with E-state index in [9.17, 15) is 8.42 Å². The van der Waals surface area contributed by atoms with Crippen LogP contribution in [0.1, 0.15) is 38.5 Å². The molecule has 2 fully saturated rings. The minimum atomic E-state index is -3.21. The molecular weight excluding hydrogens is 274 g/mol. The molecule has 0 bridgehead atoms. The van der Waals surface area contributed by atoms with E-state index in [4.69, 9.17) is 16.3 Å². The molecule has 0 aromatic heterocycles. The topological polar surface area (TPSA) is 55.4 Å². The zero-order valence-electron chi connectivity index (χ0n) is 10.7. The number of rotatable bonds is 5. The standard InChI is InChI=1S/C12H22ClNO3S/c13-9-12(5-1-2-6-12)10-14-18(15,16)11-3-7-17-8-4-11/h11,14H,1-10H2. The van der Waals surface area contributed by atoms with Crippen molar-refractivity contribution in [3.63, 3.8) is 0 Å². The van der Waals surface area contributed by atoms with Gasteiger partial charge in [-0.05, 0) is 31.1 Å². The van der Waals surface area contributed by atoms with Crippen molar-refractivity contribution in [1.29, 1.82) is 0 Å². The van der Waals surface area contributed by atoms with Crippen molar-refractivity contribution in [2.24, 2.45) is 5.41 Å². The molecule has 0 radical (unpaired) electrons. The fraction of sp³-hybridized carbons (Fsp3) is 1.00. The summed E-state index contributed by atoms with van der Waals surface area (Å²) in [6, 6.07) is 0. The molecule has 1 saturated carbocycles. The van der Waals surface area contributed by atoms with E-state index >= 15 is 0 Å². The van der Waals surface area contributed by atoms with Crippen LogP contribution in [-0.2, 0) is 14.8 Å².